The number of amides is 1. The van der Waals surface area contributed by atoms with Crippen LogP contribution in [0.4, 0.5) is 0 Å². The number of carbonyl (C=O) groups is 1. The van der Waals surface area contributed by atoms with Crippen molar-refractivity contribution in [3.05, 3.63) is 24.3 Å². The fraction of sp³-hybridized carbons (Fsp3) is 0.333. The fourth-order valence-electron chi connectivity index (χ4n) is 1.52. The van der Waals surface area contributed by atoms with Gasteiger partial charge in [0.15, 0.2) is 5.16 Å². The molecular weight excluding hydrogens is 234 g/mol. The Kier molecular flexibility index (Phi) is 3.68. The normalized spacial score (nSPS) is 12.6. The first-order chi connectivity index (χ1) is 8.20. The van der Waals surface area contributed by atoms with Gasteiger partial charge in [-0.1, -0.05) is 23.9 Å². The van der Waals surface area contributed by atoms with Gasteiger partial charge in [0.05, 0.1) is 16.3 Å². The summed E-state index contributed by atoms with van der Waals surface area (Å²) in [6, 6.07) is 7.84. The lowest BCUT2D eigenvalue weighted by molar-refractivity contribution is -0.120. The monoisotopic (exact) mass is 249 g/mol. The third-order valence-corrected chi connectivity index (χ3v) is 3.36. The number of H-pyrrole nitrogens is 1. The van der Waals surface area contributed by atoms with Crippen LogP contribution < -0.4 is 5.32 Å². The summed E-state index contributed by atoms with van der Waals surface area (Å²) < 4.78 is 0. The number of imidazole rings is 1. The van der Waals surface area contributed by atoms with Crippen LogP contribution in [0.3, 0.4) is 0 Å². The Balaban J connectivity index is 2.10. The second-order valence-corrected chi connectivity index (χ2v) is 5.04. The van der Waals surface area contributed by atoms with Gasteiger partial charge in [-0.3, -0.25) is 4.79 Å². The Morgan fingerprint density at radius 2 is 2.29 bits per heavy atom. The Morgan fingerprint density at radius 1 is 1.53 bits per heavy atom. The molecule has 0 bridgehead atoms. The van der Waals surface area contributed by atoms with E-state index in [-0.39, 0.29) is 11.2 Å². The zero-order valence-electron chi connectivity index (χ0n) is 9.86. The maximum atomic E-state index is 11.6. The molecule has 2 aromatic rings. The van der Waals surface area contributed by atoms with E-state index in [0.29, 0.717) is 6.54 Å². The minimum absolute atomic E-state index is 0.0398. The van der Waals surface area contributed by atoms with Crippen LogP contribution in [0.2, 0.25) is 0 Å². The lowest BCUT2D eigenvalue weighted by atomic mass is 10.3. The molecule has 0 aliphatic carbocycles. The molecule has 0 unspecified atom stereocenters. The molecule has 0 spiro atoms. The molecule has 1 heterocycles. The van der Waals surface area contributed by atoms with Crippen molar-refractivity contribution in [2.45, 2.75) is 24.3 Å². The minimum atomic E-state index is -0.143. The highest BCUT2D eigenvalue weighted by Gasteiger charge is 2.15. The molecular formula is C12H15N3OS. The summed E-state index contributed by atoms with van der Waals surface area (Å²) in [5.74, 6) is 0.0398. The van der Waals surface area contributed by atoms with Crippen molar-refractivity contribution in [3.8, 4) is 0 Å². The van der Waals surface area contributed by atoms with E-state index in [0.717, 1.165) is 16.2 Å². The number of thioether (sulfide) groups is 1. The first-order valence-electron chi connectivity index (χ1n) is 5.60. The molecule has 5 heteroatoms. The number of carbonyl (C=O) groups excluding carboxylic acids is 1. The van der Waals surface area contributed by atoms with E-state index in [4.69, 9.17) is 0 Å². The van der Waals surface area contributed by atoms with E-state index >= 15 is 0 Å². The molecule has 1 amide bonds. The number of aromatic amines is 1. The Bertz CT molecular complexity index is 490. The average Bonchev–Trinajstić information content (AvgIpc) is 2.71. The highest BCUT2D eigenvalue weighted by molar-refractivity contribution is 8.00. The topological polar surface area (TPSA) is 57.8 Å². The van der Waals surface area contributed by atoms with Gasteiger partial charge < -0.3 is 10.3 Å². The number of fused-ring (bicyclic) bond motifs is 1. The molecule has 0 saturated carbocycles. The summed E-state index contributed by atoms with van der Waals surface area (Å²) in [4.78, 5) is 19.2. The molecule has 17 heavy (non-hydrogen) atoms. The molecule has 0 radical (unpaired) electrons. The van der Waals surface area contributed by atoms with Gasteiger partial charge in [-0.05, 0) is 26.0 Å². The number of hydrogen-bond acceptors (Lipinski definition) is 3. The third-order valence-electron chi connectivity index (χ3n) is 2.38. The van der Waals surface area contributed by atoms with Crippen LogP contribution in [0.5, 0.6) is 0 Å². The summed E-state index contributed by atoms with van der Waals surface area (Å²) in [5.41, 5.74) is 1.93. The van der Waals surface area contributed by atoms with E-state index in [1.807, 2.05) is 38.1 Å². The van der Waals surface area contributed by atoms with Gasteiger partial charge in [-0.15, -0.1) is 0 Å². The molecule has 0 aliphatic heterocycles. The number of nitrogens with zero attached hydrogens (tertiary/aromatic N) is 1. The molecule has 0 aliphatic rings. The Morgan fingerprint density at radius 3 is 3.00 bits per heavy atom. The molecule has 1 atom stereocenters. The molecule has 2 rings (SSSR count). The number of benzene rings is 1. The van der Waals surface area contributed by atoms with Crippen LogP contribution in [0, 0.1) is 0 Å². The van der Waals surface area contributed by atoms with Crippen LogP contribution in [-0.2, 0) is 4.79 Å². The van der Waals surface area contributed by atoms with Crippen LogP contribution in [-0.4, -0.2) is 27.7 Å². The second-order valence-electron chi connectivity index (χ2n) is 3.71. The van der Waals surface area contributed by atoms with Gasteiger partial charge in [0.1, 0.15) is 0 Å². The van der Waals surface area contributed by atoms with Crippen LogP contribution in [0.15, 0.2) is 29.4 Å². The zero-order valence-corrected chi connectivity index (χ0v) is 10.7. The highest BCUT2D eigenvalue weighted by Crippen LogP contribution is 2.23. The van der Waals surface area contributed by atoms with Gasteiger partial charge in [0.2, 0.25) is 5.91 Å². The standard InChI is InChI=1S/C12H15N3OS/c1-3-13-11(16)8(2)17-12-14-9-6-4-5-7-10(9)15-12/h4-8H,3H2,1-2H3,(H,13,16)(H,14,15)/t8-/m0/s1. The zero-order chi connectivity index (χ0) is 12.3. The first kappa shape index (κ1) is 12.0. The van der Waals surface area contributed by atoms with E-state index in [1.54, 1.807) is 0 Å². The predicted molar refractivity (Wildman–Crippen MR) is 70.1 cm³/mol. The van der Waals surface area contributed by atoms with Crippen molar-refractivity contribution in [1.29, 1.82) is 0 Å². The van der Waals surface area contributed by atoms with E-state index < -0.39 is 0 Å². The maximum absolute atomic E-state index is 11.6. The second kappa shape index (κ2) is 5.23. The SMILES string of the molecule is CCNC(=O)[C@H](C)Sc1nc2ccccc2[nH]1. The summed E-state index contributed by atoms with van der Waals surface area (Å²) in [6.45, 7) is 4.45. The van der Waals surface area contributed by atoms with Crippen LogP contribution in [0.1, 0.15) is 13.8 Å². The molecule has 2 N–H and O–H groups in total. The van der Waals surface area contributed by atoms with Gasteiger partial charge in [0, 0.05) is 6.54 Å². The maximum Gasteiger partial charge on any atom is 0.233 e. The number of aromatic nitrogens is 2. The van der Waals surface area contributed by atoms with Gasteiger partial charge in [-0.2, -0.15) is 0 Å². The number of para-hydroxylation sites is 2. The number of rotatable bonds is 4. The average molecular weight is 249 g/mol. The predicted octanol–water partition coefficient (Wildman–Crippen LogP) is 2.18. The van der Waals surface area contributed by atoms with Crippen molar-refractivity contribution < 1.29 is 4.79 Å². The van der Waals surface area contributed by atoms with Crippen molar-refractivity contribution in [2.75, 3.05) is 6.54 Å². The molecule has 4 nitrogen and oxygen atoms in total. The summed E-state index contributed by atoms with van der Waals surface area (Å²) in [6.07, 6.45) is 0. The molecule has 0 saturated heterocycles. The third kappa shape index (κ3) is 2.79. The number of hydrogen-bond donors (Lipinski definition) is 2. The fourth-order valence-corrected chi connectivity index (χ4v) is 2.37. The van der Waals surface area contributed by atoms with Crippen molar-refractivity contribution >= 4 is 28.7 Å². The van der Waals surface area contributed by atoms with E-state index in [9.17, 15) is 4.79 Å². The lowest BCUT2D eigenvalue weighted by Gasteiger charge is -2.08. The molecule has 1 aromatic carbocycles. The van der Waals surface area contributed by atoms with E-state index in [1.165, 1.54) is 11.8 Å². The van der Waals surface area contributed by atoms with Crippen molar-refractivity contribution in [1.82, 2.24) is 15.3 Å². The van der Waals surface area contributed by atoms with Crippen LogP contribution >= 0.6 is 11.8 Å². The minimum Gasteiger partial charge on any atom is -0.355 e. The molecule has 90 valence electrons. The summed E-state index contributed by atoms with van der Waals surface area (Å²) >= 11 is 1.44. The molecule has 0 fully saturated rings. The van der Waals surface area contributed by atoms with Crippen molar-refractivity contribution in [2.24, 2.45) is 0 Å². The quantitative estimate of drug-likeness (QED) is 0.817. The number of nitrogens with one attached hydrogen (secondary N) is 2. The van der Waals surface area contributed by atoms with Gasteiger partial charge in [-0.25, -0.2) is 4.98 Å². The largest absolute Gasteiger partial charge is 0.355 e. The van der Waals surface area contributed by atoms with Crippen molar-refractivity contribution in [3.63, 3.8) is 0 Å². The summed E-state index contributed by atoms with van der Waals surface area (Å²) in [5, 5.41) is 3.44. The summed E-state index contributed by atoms with van der Waals surface area (Å²) in [7, 11) is 0. The van der Waals surface area contributed by atoms with Gasteiger partial charge in [0.25, 0.3) is 0 Å². The highest BCUT2D eigenvalue weighted by atomic mass is 32.2. The molecule has 1 aromatic heterocycles. The smallest absolute Gasteiger partial charge is 0.233 e. The van der Waals surface area contributed by atoms with Gasteiger partial charge >= 0.3 is 0 Å². The lowest BCUT2D eigenvalue weighted by Crippen LogP contribution is -2.30. The Hall–Kier alpha value is -1.49. The Labute approximate surface area is 104 Å². The van der Waals surface area contributed by atoms with E-state index in [2.05, 4.69) is 15.3 Å². The first-order valence-corrected chi connectivity index (χ1v) is 6.47. The van der Waals surface area contributed by atoms with Crippen LogP contribution in [0.25, 0.3) is 11.0 Å².